The van der Waals surface area contributed by atoms with Gasteiger partial charge in [-0.25, -0.2) is 4.98 Å². The predicted molar refractivity (Wildman–Crippen MR) is 90.9 cm³/mol. The van der Waals surface area contributed by atoms with Crippen LogP contribution < -0.4 is 11.1 Å². The van der Waals surface area contributed by atoms with Gasteiger partial charge in [0.2, 0.25) is 0 Å². The third kappa shape index (κ3) is 2.77. The number of hydrogen-bond donors (Lipinski definition) is 2. The third-order valence-electron chi connectivity index (χ3n) is 3.04. The number of amides is 1. The monoisotopic (exact) mass is 361 g/mol. The Morgan fingerprint density at radius 3 is 2.67 bits per heavy atom. The lowest BCUT2D eigenvalue weighted by Gasteiger charge is -2.04. The number of anilines is 2. The first-order chi connectivity index (χ1) is 10.0. The molecule has 2 aromatic heterocycles. The summed E-state index contributed by atoms with van der Waals surface area (Å²) in [5, 5.41) is 3.67. The van der Waals surface area contributed by atoms with E-state index in [1.807, 2.05) is 43.3 Å². The van der Waals surface area contributed by atoms with E-state index in [4.69, 9.17) is 5.73 Å². The van der Waals surface area contributed by atoms with Crippen molar-refractivity contribution in [3.63, 3.8) is 0 Å². The maximum atomic E-state index is 12.4. The van der Waals surface area contributed by atoms with E-state index in [2.05, 4.69) is 26.2 Å². The van der Waals surface area contributed by atoms with Gasteiger partial charge in [-0.1, -0.05) is 15.9 Å². The summed E-state index contributed by atoms with van der Waals surface area (Å²) in [6.07, 6.45) is 0. The van der Waals surface area contributed by atoms with E-state index in [1.54, 1.807) is 0 Å². The number of nitrogens with one attached hydrogen (secondary N) is 1. The van der Waals surface area contributed by atoms with Crippen LogP contribution in [0.1, 0.15) is 15.4 Å². The van der Waals surface area contributed by atoms with Crippen molar-refractivity contribution in [3.8, 4) is 0 Å². The minimum Gasteiger partial charge on any atom is -0.397 e. The number of aryl methyl sites for hydroxylation is 1. The Morgan fingerprint density at radius 2 is 1.95 bits per heavy atom. The Labute approximate surface area is 134 Å². The molecule has 1 aromatic carbocycles. The molecule has 0 aliphatic carbocycles. The molecule has 4 nitrogen and oxygen atoms in total. The molecule has 3 aromatic rings. The number of hydrogen-bond acceptors (Lipinski definition) is 4. The molecule has 2 heterocycles. The van der Waals surface area contributed by atoms with Crippen LogP contribution in [0.15, 0.2) is 40.9 Å². The van der Waals surface area contributed by atoms with Crippen molar-refractivity contribution in [2.24, 2.45) is 0 Å². The topological polar surface area (TPSA) is 68.0 Å². The lowest BCUT2D eigenvalue weighted by molar-refractivity contribution is 0.103. The van der Waals surface area contributed by atoms with Crippen molar-refractivity contribution < 1.29 is 4.79 Å². The fourth-order valence-electron chi connectivity index (χ4n) is 1.98. The molecule has 0 unspecified atom stereocenters. The van der Waals surface area contributed by atoms with Gasteiger partial charge in [-0.3, -0.25) is 4.79 Å². The van der Waals surface area contributed by atoms with Crippen molar-refractivity contribution in [2.45, 2.75) is 6.92 Å². The van der Waals surface area contributed by atoms with Gasteiger partial charge in [0.1, 0.15) is 9.71 Å². The largest absolute Gasteiger partial charge is 0.397 e. The fraction of sp³-hybridized carbons (Fsp3) is 0.0667. The molecule has 6 heteroatoms. The van der Waals surface area contributed by atoms with Crippen molar-refractivity contribution in [2.75, 3.05) is 11.1 Å². The zero-order chi connectivity index (χ0) is 15.0. The van der Waals surface area contributed by atoms with Crippen molar-refractivity contribution >= 4 is 54.8 Å². The quantitative estimate of drug-likeness (QED) is 0.718. The van der Waals surface area contributed by atoms with Gasteiger partial charge in [-0.15, -0.1) is 11.3 Å². The Hall–Kier alpha value is -1.92. The number of nitrogen functional groups attached to an aromatic ring is 1. The number of nitrogens with zero attached hydrogens (tertiary/aromatic N) is 1. The van der Waals surface area contributed by atoms with E-state index in [-0.39, 0.29) is 5.91 Å². The van der Waals surface area contributed by atoms with E-state index in [0.29, 0.717) is 10.6 Å². The maximum absolute atomic E-state index is 12.4. The van der Waals surface area contributed by atoms with Gasteiger partial charge in [0, 0.05) is 21.2 Å². The van der Waals surface area contributed by atoms with Crippen LogP contribution in [0.25, 0.3) is 10.2 Å². The van der Waals surface area contributed by atoms with Gasteiger partial charge < -0.3 is 11.1 Å². The molecule has 0 radical (unpaired) electrons. The van der Waals surface area contributed by atoms with Crippen LogP contribution in [-0.2, 0) is 0 Å². The van der Waals surface area contributed by atoms with Crippen molar-refractivity contribution in [1.82, 2.24) is 4.98 Å². The summed E-state index contributed by atoms with van der Waals surface area (Å²) >= 11 is 4.67. The molecule has 3 N–H and O–H groups in total. The third-order valence-corrected chi connectivity index (χ3v) is 4.68. The van der Waals surface area contributed by atoms with E-state index in [9.17, 15) is 4.79 Å². The number of halogens is 1. The Kier molecular flexibility index (Phi) is 3.65. The van der Waals surface area contributed by atoms with Gasteiger partial charge in [-0.05, 0) is 43.3 Å². The van der Waals surface area contributed by atoms with E-state index in [0.717, 1.165) is 26.1 Å². The Balaban J connectivity index is 1.94. The second kappa shape index (κ2) is 5.46. The molecule has 0 aliphatic rings. The van der Waals surface area contributed by atoms with Gasteiger partial charge in [0.15, 0.2) is 0 Å². The first kappa shape index (κ1) is 14.0. The number of nitrogens with two attached hydrogens (primary N) is 1. The summed E-state index contributed by atoms with van der Waals surface area (Å²) in [5.74, 6) is -0.213. The summed E-state index contributed by atoms with van der Waals surface area (Å²) < 4.78 is 0.960. The summed E-state index contributed by atoms with van der Waals surface area (Å²) in [5.41, 5.74) is 8.19. The normalized spacial score (nSPS) is 10.8. The SMILES string of the molecule is Cc1ccc2c(N)c(C(=O)Nc3ccc(Br)cc3)sc2n1. The molecule has 0 fully saturated rings. The minimum absolute atomic E-state index is 0.213. The molecule has 0 bridgehead atoms. The summed E-state index contributed by atoms with van der Waals surface area (Å²) in [4.78, 5) is 18.0. The van der Waals surface area contributed by atoms with Gasteiger partial charge in [-0.2, -0.15) is 0 Å². The maximum Gasteiger partial charge on any atom is 0.267 e. The first-order valence-corrected chi connectivity index (χ1v) is 7.88. The average Bonchev–Trinajstić information content (AvgIpc) is 2.78. The van der Waals surface area contributed by atoms with Crippen LogP contribution in [0.5, 0.6) is 0 Å². The molecule has 21 heavy (non-hydrogen) atoms. The number of aromatic nitrogens is 1. The molecule has 0 saturated carbocycles. The molecule has 106 valence electrons. The standard InChI is InChI=1S/C15H12BrN3OS/c1-8-2-7-11-12(17)13(21-15(11)18-8)14(20)19-10-5-3-9(16)4-6-10/h2-7H,17H2,1H3,(H,19,20). The smallest absolute Gasteiger partial charge is 0.267 e. The van der Waals surface area contributed by atoms with Gasteiger partial charge in [0.25, 0.3) is 5.91 Å². The number of carbonyl (C=O) groups is 1. The van der Waals surface area contributed by atoms with E-state index in [1.165, 1.54) is 11.3 Å². The van der Waals surface area contributed by atoms with Crippen LogP contribution in [0.2, 0.25) is 0 Å². The predicted octanol–water partition coefficient (Wildman–Crippen LogP) is 4.20. The molecular formula is C15H12BrN3OS. The molecule has 0 atom stereocenters. The second-order valence-electron chi connectivity index (χ2n) is 4.61. The molecule has 0 aliphatic heterocycles. The Morgan fingerprint density at radius 1 is 1.24 bits per heavy atom. The van der Waals surface area contributed by atoms with Crippen molar-refractivity contribution in [3.05, 3.63) is 51.4 Å². The highest BCUT2D eigenvalue weighted by Crippen LogP contribution is 2.33. The summed E-state index contributed by atoms with van der Waals surface area (Å²) in [7, 11) is 0. The number of pyridine rings is 1. The van der Waals surface area contributed by atoms with Crippen LogP contribution in [0, 0.1) is 6.92 Å². The molecular weight excluding hydrogens is 350 g/mol. The summed E-state index contributed by atoms with van der Waals surface area (Å²) in [6.45, 7) is 1.91. The molecule has 3 rings (SSSR count). The molecule has 1 amide bonds. The van der Waals surface area contributed by atoms with Gasteiger partial charge >= 0.3 is 0 Å². The van der Waals surface area contributed by atoms with Crippen LogP contribution >= 0.6 is 27.3 Å². The second-order valence-corrected chi connectivity index (χ2v) is 6.53. The minimum atomic E-state index is -0.213. The summed E-state index contributed by atoms with van der Waals surface area (Å²) in [6, 6.07) is 11.2. The van der Waals surface area contributed by atoms with Crippen LogP contribution in [0.3, 0.4) is 0 Å². The van der Waals surface area contributed by atoms with Gasteiger partial charge in [0.05, 0.1) is 5.69 Å². The zero-order valence-corrected chi connectivity index (χ0v) is 13.6. The van der Waals surface area contributed by atoms with E-state index >= 15 is 0 Å². The highest BCUT2D eigenvalue weighted by atomic mass is 79.9. The number of thiophene rings is 1. The van der Waals surface area contributed by atoms with Crippen molar-refractivity contribution in [1.29, 1.82) is 0 Å². The van der Waals surface area contributed by atoms with E-state index < -0.39 is 0 Å². The number of carbonyl (C=O) groups excluding carboxylic acids is 1. The Bertz CT molecular complexity index is 827. The lowest BCUT2D eigenvalue weighted by Crippen LogP contribution is -2.11. The zero-order valence-electron chi connectivity index (χ0n) is 11.2. The average molecular weight is 362 g/mol. The molecule has 0 saturated heterocycles. The van der Waals surface area contributed by atoms with Crippen LogP contribution in [-0.4, -0.2) is 10.9 Å². The first-order valence-electron chi connectivity index (χ1n) is 6.27. The lowest BCUT2D eigenvalue weighted by atomic mass is 10.2. The highest BCUT2D eigenvalue weighted by molar-refractivity contribution is 9.10. The molecule has 0 spiro atoms. The number of fused-ring (bicyclic) bond motifs is 1. The highest BCUT2D eigenvalue weighted by Gasteiger charge is 2.17. The fourth-order valence-corrected chi connectivity index (χ4v) is 3.28. The van der Waals surface area contributed by atoms with Crippen LogP contribution in [0.4, 0.5) is 11.4 Å². The number of benzene rings is 1. The number of rotatable bonds is 2.